The fourth-order valence-electron chi connectivity index (χ4n) is 1.60. The van der Waals surface area contributed by atoms with Gasteiger partial charge in [0.1, 0.15) is 5.75 Å². The molecule has 0 saturated heterocycles. The maximum absolute atomic E-state index is 11.3. The van der Waals surface area contributed by atoms with Crippen LogP contribution in [0.2, 0.25) is 0 Å². The first-order valence-corrected chi connectivity index (χ1v) is 7.44. The van der Waals surface area contributed by atoms with Crippen molar-refractivity contribution in [3.8, 4) is 17.1 Å². The van der Waals surface area contributed by atoms with Crippen molar-refractivity contribution in [3.63, 3.8) is 0 Å². The largest absolute Gasteiger partial charge is 0.497 e. The van der Waals surface area contributed by atoms with Gasteiger partial charge in [-0.15, -0.1) is 10.2 Å². The number of ether oxygens (including phenoxy) is 1. The Morgan fingerprint density at radius 2 is 2.05 bits per heavy atom. The number of methoxy groups -OCH3 is 1. The molecule has 2 rings (SSSR count). The molecule has 0 spiro atoms. The van der Waals surface area contributed by atoms with E-state index in [4.69, 9.17) is 9.88 Å². The van der Waals surface area contributed by atoms with Gasteiger partial charge >= 0.3 is 0 Å². The van der Waals surface area contributed by atoms with E-state index >= 15 is 0 Å². The molecule has 0 fully saturated rings. The summed E-state index contributed by atoms with van der Waals surface area (Å²) in [6.45, 7) is 0. The van der Waals surface area contributed by atoms with Crippen LogP contribution in [0.1, 0.15) is 0 Å². The summed E-state index contributed by atoms with van der Waals surface area (Å²) in [6, 6.07) is 5.27. The Bertz CT molecular complexity index is 726. The highest BCUT2D eigenvalue weighted by Crippen LogP contribution is 2.30. The van der Waals surface area contributed by atoms with Gasteiger partial charge in [-0.3, -0.25) is 4.57 Å². The molecule has 0 unspecified atom stereocenters. The summed E-state index contributed by atoms with van der Waals surface area (Å²) in [5, 5.41) is 12.2. The average molecular weight is 347 g/mol. The van der Waals surface area contributed by atoms with Gasteiger partial charge in [-0.2, -0.15) is 0 Å². The van der Waals surface area contributed by atoms with E-state index in [1.807, 2.05) is 0 Å². The van der Waals surface area contributed by atoms with Crippen LogP contribution in [0.5, 0.6) is 5.75 Å². The van der Waals surface area contributed by atoms with Gasteiger partial charge in [0.05, 0.1) is 7.11 Å². The first-order valence-electron chi connectivity index (χ1n) is 5.10. The zero-order chi connectivity index (χ0) is 14.2. The molecule has 0 bridgehead atoms. The number of rotatable bonds is 3. The van der Waals surface area contributed by atoms with E-state index in [1.165, 1.54) is 11.6 Å². The van der Waals surface area contributed by atoms with E-state index in [2.05, 4.69) is 26.1 Å². The van der Waals surface area contributed by atoms with E-state index in [1.54, 1.807) is 25.3 Å². The second-order valence-electron chi connectivity index (χ2n) is 3.76. The summed E-state index contributed by atoms with van der Waals surface area (Å²) >= 11 is 3.37. The number of primary sulfonamides is 1. The molecule has 7 nitrogen and oxygen atoms in total. The SMILES string of the molecule is COc1ccc(Br)c(-c2nnc(S(N)(=O)=O)n2C)c1. The summed E-state index contributed by atoms with van der Waals surface area (Å²) in [7, 11) is -0.837. The molecule has 102 valence electrons. The van der Waals surface area contributed by atoms with Crippen LogP contribution < -0.4 is 9.88 Å². The highest BCUT2D eigenvalue weighted by Gasteiger charge is 2.20. The number of halogens is 1. The predicted molar refractivity (Wildman–Crippen MR) is 72.1 cm³/mol. The lowest BCUT2D eigenvalue weighted by Gasteiger charge is -2.07. The van der Waals surface area contributed by atoms with Crippen molar-refractivity contribution < 1.29 is 13.2 Å². The van der Waals surface area contributed by atoms with Gasteiger partial charge in [-0.25, -0.2) is 13.6 Å². The lowest BCUT2D eigenvalue weighted by atomic mass is 10.2. The number of nitrogens with two attached hydrogens (primary N) is 1. The van der Waals surface area contributed by atoms with Gasteiger partial charge in [-0.1, -0.05) is 15.9 Å². The van der Waals surface area contributed by atoms with Crippen molar-refractivity contribution in [3.05, 3.63) is 22.7 Å². The third-order valence-corrected chi connectivity index (χ3v) is 4.06. The topological polar surface area (TPSA) is 100 Å². The van der Waals surface area contributed by atoms with Crippen LogP contribution in [0, 0.1) is 0 Å². The van der Waals surface area contributed by atoms with Gasteiger partial charge < -0.3 is 4.74 Å². The Morgan fingerprint density at radius 3 is 2.58 bits per heavy atom. The molecule has 1 heterocycles. The summed E-state index contributed by atoms with van der Waals surface area (Å²) in [5.74, 6) is 0.994. The zero-order valence-corrected chi connectivity index (χ0v) is 12.6. The average Bonchev–Trinajstić information content (AvgIpc) is 2.71. The molecule has 1 aromatic carbocycles. The van der Waals surface area contributed by atoms with E-state index < -0.39 is 10.0 Å². The summed E-state index contributed by atoms with van der Waals surface area (Å²) < 4.78 is 29.8. The van der Waals surface area contributed by atoms with Crippen molar-refractivity contribution in [2.24, 2.45) is 12.2 Å². The number of nitrogens with zero attached hydrogens (tertiary/aromatic N) is 3. The van der Waals surface area contributed by atoms with Gasteiger partial charge in [0.25, 0.3) is 15.2 Å². The highest BCUT2D eigenvalue weighted by molar-refractivity contribution is 9.10. The molecule has 0 radical (unpaired) electrons. The van der Waals surface area contributed by atoms with E-state index in [-0.39, 0.29) is 5.16 Å². The quantitative estimate of drug-likeness (QED) is 0.889. The molecule has 2 aromatic rings. The summed E-state index contributed by atoms with van der Waals surface area (Å²) in [5.41, 5.74) is 0.657. The van der Waals surface area contributed by atoms with Crippen LogP contribution in [0.4, 0.5) is 0 Å². The normalized spacial score (nSPS) is 11.6. The Kier molecular flexibility index (Phi) is 3.61. The molecule has 0 aliphatic carbocycles. The predicted octanol–water partition coefficient (Wildman–Crippen LogP) is 0.901. The molecule has 0 aliphatic heterocycles. The first-order chi connectivity index (χ1) is 8.84. The fourth-order valence-corrected chi connectivity index (χ4v) is 2.65. The molecule has 0 aliphatic rings. The molecule has 1 aromatic heterocycles. The lowest BCUT2D eigenvalue weighted by molar-refractivity contribution is 0.415. The fraction of sp³-hybridized carbons (Fsp3) is 0.200. The van der Waals surface area contributed by atoms with Crippen LogP contribution in [0.25, 0.3) is 11.4 Å². The highest BCUT2D eigenvalue weighted by atomic mass is 79.9. The second kappa shape index (κ2) is 4.91. The molecule has 19 heavy (non-hydrogen) atoms. The number of aromatic nitrogens is 3. The standard InChI is InChI=1S/C10H11BrN4O3S/c1-15-9(13-14-10(15)19(12,16)17)7-5-6(18-2)3-4-8(7)11/h3-5H,1-2H3,(H2,12,16,17). The Morgan fingerprint density at radius 1 is 1.37 bits per heavy atom. The van der Waals surface area contributed by atoms with Crippen molar-refractivity contribution >= 4 is 26.0 Å². The van der Waals surface area contributed by atoms with E-state index in [0.717, 1.165) is 4.47 Å². The minimum Gasteiger partial charge on any atom is -0.497 e. The summed E-state index contributed by atoms with van der Waals surface area (Å²) in [4.78, 5) is 0. The van der Waals surface area contributed by atoms with Crippen LogP contribution >= 0.6 is 15.9 Å². The van der Waals surface area contributed by atoms with Crippen molar-refractivity contribution in [2.75, 3.05) is 7.11 Å². The van der Waals surface area contributed by atoms with Crippen LogP contribution in [0.3, 0.4) is 0 Å². The molecular weight excluding hydrogens is 336 g/mol. The molecule has 0 atom stereocenters. The number of sulfonamides is 1. The smallest absolute Gasteiger partial charge is 0.273 e. The Hall–Kier alpha value is -1.45. The molecule has 0 saturated carbocycles. The van der Waals surface area contributed by atoms with Gasteiger partial charge in [0, 0.05) is 17.1 Å². The number of hydrogen-bond donors (Lipinski definition) is 1. The third kappa shape index (κ3) is 2.62. The van der Waals surface area contributed by atoms with Gasteiger partial charge in [0.2, 0.25) is 0 Å². The van der Waals surface area contributed by atoms with E-state index in [0.29, 0.717) is 17.1 Å². The molecule has 9 heteroatoms. The Balaban J connectivity index is 2.64. The Labute approximate surface area is 118 Å². The lowest BCUT2D eigenvalue weighted by Crippen LogP contribution is -2.17. The van der Waals surface area contributed by atoms with Crippen molar-refractivity contribution in [2.45, 2.75) is 5.16 Å². The molecule has 2 N–H and O–H groups in total. The van der Waals surface area contributed by atoms with Crippen molar-refractivity contribution in [1.29, 1.82) is 0 Å². The van der Waals surface area contributed by atoms with Crippen molar-refractivity contribution in [1.82, 2.24) is 14.8 Å². The summed E-state index contributed by atoms with van der Waals surface area (Å²) in [6.07, 6.45) is 0. The first kappa shape index (κ1) is 14.0. The maximum atomic E-state index is 11.3. The number of benzene rings is 1. The number of hydrogen-bond acceptors (Lipinski definition) is 5. The van der Waals surface area contributed by atoms with Crippen LogP contribution in [0.15, 0.2) is 27.8 Å². The maximum Gasteiger partial charge on any atom is 0.273 e. The van der Waals surface area contributed by atoms with Gasteiger partial charge in [0.15, 0.2) is 5.82 Å². The molecular formula is C10H11BrN4O3S. The minimum atomic E-state index is -3.91. The molecule has 0 amide bonds. The third-order valence-electron chi connectivity index (χ3n) is 2.50. The van der Waals surface area contributed by atoms with Crippen LogP contribution in [-0.2, 0) is 17.1 Å². The van der Waals surface area contributed by atoms with E-state index in [9.17, 15) is 8.42 Å². The zero-order valence-electron chi connectivity index (χ0n) is 10.2. The monoisotopic (exact) mass is 346 g/mol. The van der Waals surface area contributed by atoms with Crippen LogP contribution in [-0.4, -0.2) is 30.3 Å². The second-order valence-corrected chi connectivity index (χ2v) is 6.07. The van der Waals surface area contributed by atoms with Gasteiger partial charge in [-0.05, 0) is 18.2 Å². The minimum absolute atomic E-state index is 0.294.